The van der Waals surface area contributed by atoms with E-state index in [1.807, 2.05) is 0 Å². The number of rotatable bonds is 5. The summed E-state index contributed by atoms with van der Waals surface area (Å²) in [4.78, 5) is 23.0. The summed E-state index contributed by atoms with van der Waals surface area (Å²) in [5.74, 6) is -0.606. The summed E-state index contributed by atoms with van der Waals surface area (Å²) in [6.45, 7) is 1.75. The van der Waals surface area contributed by atoms with Gasteiger partial charge in [0, 0.05) is 12.1 Å². The van der Waals surface area contributed by atoms with Crippen molar-refractivity contribution in [3.05, 3.63) is 29.8 Å². The highest BCUT2D eigenvalue weighted by Gasteiger charge is 2.26. The molecule has 1 aromatic rings. The molecule has 3 N–H and O–H groups in total. The van der Waals surface area contributed by atoms with Crippen LogP contribution in [-0.4, -0.2) is 28.8 Å². The van der Waals surface area contributed by atoms with Gasteiger partial charge in [-0.25, -0.2) is 10.9 Å². The van der Waals surface area contributed by atoms with Crippen molar-refractivity contribution in [2.24, 2.45) is 16.1 Å². The fourth-order valence-corrected chi connectivity index (χ4v) is 1.90. The lowest BCUT2D eigenvalue weighted by atomic mass is 9.99. The van der Waals surface area contributed by atoms with Crippen LogP contribution in [0.5, 0.6) is 5.75 Å². The van der Waals surface area contributed by atoms with Crippen molar-refractivity contribution in [2.45, 2.75) is 19.8 Å². The summed E-state index contributed by atoms with van der Waals surface area (Å²) in [5.41, 5.74) is 6.23. The number of nitrogens with zero attached hydrogens (tertiary/aromatic N) is 2. The Kier molecular flexibility index (Phi) is 4.65. The summed E-state index contributed by atoms with van der Waals surface area (Å²) in [7, 11) is 0. The van der Waals surface area contributed by atoms with Gasteiger partial charge in [0.25, 0.3) is 0 Å². The van der Waals surface area contributed by atoms with Crippen LogP contribution in [0.2, 0.25) is 0 Å². The number of benzene rings is 1. The Bertz CT molecular complexity index is 593. The van der Waals surface area contributed by atoms with E-state index in [9.17, 15) is 9.59 Å². The van der Waals surface area contributed by atoms with E-state index in [0.717, 1.165) is 5.56 Å². The van der Waals surface area contributed by atoms with Crippen LogP contribution in [-0.2, 0) is 9.59 Å². The molecule has 0 saturated heterocycles. The Labute approximate surface area is 121 Å². The molecule has 1 atom stereocenters. The van der Waals surface area contributed by atoms with Crippen LogP contribution in [0.25, 0.3) is 0 Å². The van der Waals surface area contributed by atoms with E-state index in [2.05, 4.69) is 21.1 Å². The topological polar surface area (TPSA) is 103 Å². The van der Waals surface area contributed by atoms with E-state index in [-0.39, 0.29) is 29.9 Å². The molecule has 1 aromatic carbocycles. The molecule has 0 spiro atoms. The summed E-state index contributed by atoms with van der Waals surface area (Å²) < 4.78 is 0. The Morgan fingerprint density at radius 1 is 1.48 bits per heavy atom. The van der Waals surface area contributed by atoms with Crippen LogP contribution < -0.4 is 10.9 Å². The number of phenolic OH excluding ortho intramolecular Hbond substituents is 1. The summed E-state index contributed by atoms with van der Waals surface area (Å²) in [5, 5.41) is 16.8. The summed E-state index contributed by atoms with van der Waals surface area (Å²) in [6, 6.07) is 6.41. The summed E-state index contributed by atoms with van der Waals surface area (Å²) in [6.07, 6.45) is 2.08. The molecule has 110 valence electrons. The van der Waals surface area contributed by atoms with Gasteiger partial charge in [-0.15, -0.1) is 0 Å². The molecule has 0 radical (unpaired) electrons. The predicted octanol–water partition coefficient (Wildman–Crippen LogP) is 0.744. The fourth-order valence-electron chi connectivity index (χ4n) is 1.90. The average molecular weight is 288 g/mol. The lowest BCUT2D eigenvalue weighted by Gasteiger charge is -2.06. The second-order valence-electron chi connectivity index (χ2n) is 4.71. The van der Waals surface area contributed by atoms with Gasteiger partial charge in [0.05, 0.1) is 12.1 Å². The number of hydrogen-bond donors (Lipinski definition) is 3. The Morgan fingerprint density at radius 3 is 2.81 bits per heavy atom. The third-order valence-corrected chi connectivity index (χ3v) is 3.12. The van der Waals surface area contributed by atoms with Crippen LogP contribution >= 0.6 is 0 Å². The highest BCUT2D eigenvalue weighted by atomic mass is 16.3. The molecule has 21 heavy (non-hydrogen) atoms. The molecule has 2 amide bonds. The predicted molar refractivity (Wildman–Crippen MR) is 77.8 cm³/mol. The number of aromatic hydroxyl groups is 1. The average Bonchev–Trinajstić information content (AvgIpc) is 2.78. The number of amides is 2. The number of carbonyl (C=O) groups excluding carboxylic acids is 2. The second-order valence-corrected chi connectivity index (χ2v) is 4.71. The molecule has 2 rings (SSSR count). The minimum absolute atomic E-state index is 0.169. The number of nitrogens with one attached hydrogen (secondary N) is 2. The highest BCUT2D eigenvalue weighted by Crippen LogP contribution is 2.13. The van der Waals surface area contributed by atoms with Crippen molar-refractivity contribution in [1.82, 2.24) is 10.9 Å². The van der Waals surface area contributed by atoms with Crippen LogP contribution in [0.4, 0.5) is 0 Å². The maximum Gasteiger partial charge on any atom is 0.248 e. The fraction of sp³-hybridized carbons (Fsp3) is 0.286. The number of carbonyl (C=O) groups is 2. The van der Waals surface area contributed by atoms with Gasteiger partial charge in [0.1, 0.15) is 5.75 Å². The van der Waals surface area contributed by atoms with Crippen molar-refractivity contribution < 1.29 is 14.7 Å². The van der Waals surface area contributed by atoms with Crippen molar-refractivity contribution in [1.29, 1.82) is 0 Å². The largest absolute Gasteiger partial charge is 0.508 e. The van der Waals surface area contributed by atoms with Crippen molar-refractivity contribution in [3.63, 3.8) is 0 Å². The van der Waals surface area contributed by atoms with Crippen LogP contribution in [0.3, 0.4) is 0 Å². The van der Waals surface area contributed by atoms with Crippen LogP contribution in [0.15, 0.2) is 34.5 Å². The Balaban J connectivity index is 1.76. The van der Waals surface area contributed by atoms with E-state index in [1.54, 1.807) is 19.1 Å². The minimum Gasteiger partial charge on any atom is -0.508 e. The first-order valence-electron chi connectivity index (χ1n) is 6.51. The van der Waals surface area contributed by atoms with Crippen molar-refractivity contribution in [2.75, 3.05) is 0 Å². The minimum atomic E-state index is -0.336. The monoisotopic (exact) mass is 288 g/mol. The number of hydrogen-bond acceptors (Lipinski definition) is 5. The molecule has 0 aliphatic carbocycles. The van der Waals surface area contributed by atoms with Gasteiger partial charge < -0.3 is 5.11 Å². The van der Waals surface area contributed by atoms with E-state index in [1.165, 1.54) is 18.3 Å². The zero-order valence-corrected chi connectivity index (χ0v) is 11.5. The van der Waals surface area contributed by atoms with E-state index in [0.29, 0.717) is 12.1 Å². The highest BCUT2D eigenvalue weighted by molar-refractivity contribution is 6.07. The molecule has 1 heterocycles. The Hall–Kier alpha value is -2.70. The second kappa shape index (κ2) is 6.65. The van der Waals surface area contributed by atoms with Gasteiger partial charge in [0.2, 0.25) is 11.8 Å². The molecular weight excluding hydrogens is 272 g/mol. The summed E-state index contributed by atoms with van der Waals surface area (Å²) >= 11 is 0. The third kappa shape index (κ3) is 4.13. The molecule has 1 aliphatic rings. The maximum absolute atomic E-state index is 11.6. The SMILES string of the molecule is CC1=NNC(=O)C1CCC(=O)NN=Cc1ccc(O)cc1. The van der Waals surface area contributed by atoms with E-state index >= 15 is 0 Å². The molecular formula is C14H16N4O3. The van der Waals surface area contributed by atoms with Crippen LogP contribution in [0.1, 0.15) is 25.3 Å². The first kappa shape index (κ1) is 14.7. The molecule has 1 unspecified atom stereocenters. The standard InChI is InChI=1S/C14H16N4O3/c1-9-12(14(21)18-16-9)6-7-13(20)17-15-8-10-2-4-11(19)5-3-10/h2-5,8,12,19H,6-7H2,1H3,(H,17,20)(H,18,21). The lowest BCUT2D eigenvalue weighted by Crippen LogP contribution is -2.25. The lowest BCUT2D eigenvalue weighted by molar-refractivity contribution is -0.123. The zero-order chi connectivity index (χ0) is 15.2. The van der Waals surface area contributed by atoms with E-state index in [4.69, 9.17) is 5.11 Å². The van der Waals surface area contributed by atoms with Crippen molar-refractivity contribution >= 4 is 23.7 Å². The molecule has 7 nitrogen and oxygen atoms in total. The molecule has 0 aromatic heterocycles. The number of hydrazone groups is 2. The molecule has 0 fully saturated rings. The third-order valence-electron chi connectivity index (χ3n) is 3.12. The van der Waals surface area contributed by atoms with Gasteiger partial charge in [-0.2, -0.15) is 10.2 Å². The van der Waals surface area contributed by atoms with Gasteiger partial charge in [-0.05, 0) is 43.2 Å². The van der Waals surface area contributed by atoms with E-state index < -0.39 is 0 Å². The first-order valence-corrected chi connectivity index (χ1v) is 6.51. The normalized spacial score (nSPS) is 17.7. The zero-order valence-electron chi connectivity index (χ0n) is 11.5. The number of phenols is 1. The van der Waals surface area contributed by atoms with Gasteiger partial charge in [0.15, 0.2) is 0 Å². The van der Waals surface area contributed by atoms with Gasteiger partial charge in [-0.1, -0.05) is 0 Å². The molecule has 0 saturated carbocycles. The molecule has 1 aliphatic heterocycles. The van der Waals surface area contributed by atoms with Gasteiger partial charge in [-0.3, -0.25) is 9.59 Å². The molecule has 7 heteroatoms. The first-order chi connectivity index (χ1) is 10.1. The molecule has 0 bridgehead atoms. The van der Waals surface area contributed by atoms with Crippen LogP contribution in [0, 0.1) is 5.92 Å². The van der Waals surface area contributed by atoms with Gasteiger partial charge >= 0.3 is 0 Å². The maximum atomic E-state index is 11.6. The van der Waals surface area contributed by atoms with Crippen molar-refractivity contribution in [3.8, 4) is 5.75 Å². The smallest absolute Gasteiger partial charge is 0.248 e. The Morgan fingerprint density at radius 2 is 2.19 bits per heavy atom. The quantitative estimate of drug-likeness (QED) is 0.550.